The molecule has 0 bridgehead atoms. The Morgan fingerprint density at radius 3 is 2.94 bits per heavy atom. The van der Waals surface area contributed by atoms with Crippen molar-refractivity contribution in [2.24, 2.45) is 0 Å². The zero-order valence-corrected chi connectivity index (χ0v) is 20.0. The molecular weight excluding hydrogens is 440 g/mol. The lowest BCUT2D eigenvalue weighted by atomic mass is 9.87. The number of rotatable bonds is 2. The highest BCUT2D eigenvalue weighted by Gasteiger charge is 2.34. The summed E-state index contributed by atoms with van der Waals surface area (Å²) in [5, 5.41) is 5.03. The second kappa shape index (κ2) is 8.63. The molecule has 2 aromatic heterocycles. The van der Waals surface area contributed by atoms with Gasteiger partial charge in [-0.1, -0.05) is 17.7 Å². The number of fused-ring (bicyclic) bond motifs is 2. The van der Waals surface area contributed by atoms with E-state index in [0.717, 1.165) is 47.2 Å². The van der Waals surface area contributed by atoms with Crippen LogP contribution in [0.15, 0.2) is 30.6 Å². The Morgan fingerprint density at radius 1 is 1.27 bits per heavy atom. The van der Waals surface area contributed by atoms with Gasteiger partial charge in [0.15, 0.2) is 0 Å². The van der Waals surface area contributed by atoms with Crippen LogP contribution in [0.4, 0.5) is 4.79 Å². The third-order valence-electron chi connectivity index (χ3n) is 6.18. The van der Waals surface area contributed by atoms with E-state index in [0.29, 0.717) is 24.8 Å². The Kier molecular flexibility index (Phi) is 5.80. The van der Waals surface area contributed by atoms with Gasteiger partial charge >= 0.3 is 6.09 Å². The van der Waals surface area contributed by atoms with Crippen LogP contribution in [0.5, 0.6) is 0 Å². The molecule has 8 heteroatoms. The fraction of sp³-hybridized carbons (Fsp3) is 0.440. The molecular formula is C25H29ClN4O3. The molecule has 0 radical (unpaired) electrons. The fourth-order valence-electron chi connectivity index (χ4n) is 4.63. The summed E-state index contributed by atoms with van der Waals surface area (Å²) < 4.78 is 11.6. The third kappa shape index (κ3) is 4.45. The summed E-state index contributed by atoms with van der Waals surface area (Å²) >= 11 is 6.35. The maximum absolute atomic E-state index is 13.1. The van der Waals surface area contributed by atoms with Crippen LogP contribution in [-0.2, 0) is 22.4 Å². The van der Waals surface area contributed by atoms with Gasteiger partial charge in [0.05, 0.1) is 24.3 Å². The summed E-state index contributed by atoms with van der Waals surface area (Å²) in [5.74, 6) is 0. The fourth-order valence-corrected chi connectivity index (χ4v) is 4.82. The molecule has 2 aliphatic rings. The van der Waals surface area contributed by atoms with Crippen molar-refractivity contribution in [3.05, 3.63) is 52.3 Å². The molecule has 1 amide bonds. The number of morpholine rings is 1. The summed E-state index contributed by atoms with van der Waals surface area (Å²) in [6.45, 7) is 8.81. The van der Waals surface area contributed by atoms with Crippen molar-refractivity contribution in [2.75, 3.05) is 26.3 Å². The van der Waals surface area contributed by atoms with Crippen LogP contribution >= 0.6 is 11.6 Å². The van der Waals surface area contributed by atoms with E-state index in [1.54, 1.807) is 6.20 Å². The molecule has 2 aliphatic heterocycles. The van der Waals surface area contributed by atoms with E-state index in [1.165, 1.54) is 11.1 Å². The summed E-state index contributed by atoms with van der Waals surface area (Å²) in [5.41, 5.74) is 5.89. The number of nitrogens with zero attached hydrogens (tertiary/aromatic N) is 2. The van der Waals surface area contributed by atoms with Gasteiger partial charge in [0.1, 0.15) is 11.2 Å². The number of ether oxygens (including phenoxy) is 2. The molecule has 3 aromatic rings. The number of aromatic amines is 1. The molecule has 7 nitrogen and oxygen atoms in total. The molecule has 4 heterocycles. The molecule has 0 saturated carbocycles. The number of benzene rings is 1. The average Bonchev–Trinajstić information content (AvgIpc) is 3.17. The zero-order valence-electron chi connectivity index (χ0n) is 19.2. The normalized spacial score (nSPS) is 18.9. The molecule has 1 atom stereocenters. The Balaban J connectivity index is 1.59. The molecule has 0 spiro atoms. The number of hydrogen-bond acceptors (Lipinski definition) is 5. The number of carbonyl (C=O) groups excluding carboxylic acids is 1. The highest BCUT2D eigenvalue weighted by atomic mass is 35.5. The molecule has 0 aliphatic carbocycles. The van der Waals surface area contributed by atoms with Gasteiger partial charge in [-0.2, -0.15) is 0 Å². The number of aromatic nitrogens is 2. The first-order valence-electron chi connectivity index (χ1n) is 11.4. The Hall–Kier alpha value is -2.61. The van der Waals surface area contributed by atoms with Crippen LogP contribution in [0.2, 0.25) is 5.02 Å². The molecule has 5 rings (SSSR count). The third-order valence-corrected chi connectivity index (χ3v) is 6.49. The number of hydrogen-bond donors (Lipinski definition) is 2. The van der Waals surface area contributed by atoms with Crippen LogP contribution in [0, 0.1) is 0 Å². The van der Waals surface area contributed by atoms with Crippen molar-refractivity contribution in [3.63, 3.8) is 0 Å². The monoisotopic (exact) mass is 468 g/mol. The van der Waals surface area contributed by atoms with Gasteiger partial charge < -0.3 is 19.8 Å². The van der Waals surface area contributed by atoms with E-state index in [4.69, 9.17) is 21.1 Å². The van der Waals surface area contributed by atoms with E-state index in [1.807, 2.05) is 31.9 Å². The van der Waals surface area contributed by atoms with E-state index in [-0.39, 0.29) is 12.1 Å². The highest BCUT2D eigenvalue weighted by Crippen LogP contribution is 2.36. The lowest BCUT2D eigenvalue weighted by molar-refractivity contribution is -0.0333. The Bertz CT molecular complexity index is 1200. The number of carbonyl (C=O) groups is 1. The van der Waals surface area contributed by atoms with Crippen molar-refractivity contribution in [2.45, 2.75) is 45.4 Å². The SMILES string of the molecule is CC(C)(C)OC(=O)N1CCOCC1c1cc(-c2cnc3[nH]cc(Cl)c3c2)cc2c1CNCC2. The average molecular weight is 469 g/mol. The van der Waals surface area contributed by atoms with Crippen LogP contribution in [0.1, 0.15) is 43.5 Å². The molecule has 1 aromatic carbocycles. The van der Waals surface area contributed by atoms with Crippen LogP contribution in [0.25, 0.3) is 22.2 Å². The maximum atomic E-state index is 13.1. The first-order chi connectivity index (χ1) is 15.8. The molecule has 1 saturated heterocycles. The quantitative estimate of drug-likeness (QED) is 0.562. The first-order valence-corrected chi connectivity index (χ1v) is 11.7. The predicted octanol–water partition coefficient (Wildman–Crippen LogP) is 4.84. The van der Waals surface area contributed by atoms with Crippen molar-refractivity contribution in [1.82, 2.24) is 20.2 Å². The summed E-state index contributed by atoms with van der Waals surface area (Å²) in [7, 11) is 0. The Labute approximate surface area is 198 Å². The molecule has 174 valence electrons. The second-order valence-corrected chi connectivity index (χ2v) is 10.1. The van der Waals surface area contributed by atoms with Crippen molar-refractivity contribution in [3.8, 4) is 11.1 Å². The number of H-pyrrole nitrogens is 1. The van der Waals surface area contributed by atoms with Crippen molar-refractivity contribution >= 4 is 28.7 Å². The van der Waals surface area contributed by atoms with E-state index in [9.17, 15) is 4.79 Å². The van der Waals surface area contributed by atoms with Crippen molar-refractivity contribution in [1.29, 1.82) is 0 Å². The summed E-state index contributed by atoms with van der Waals surface area (Å²) in [4.78, 5) is 22.5. The van der Waals surface area contributed by atoms with Crippen LogP contribution in [0.3, 0.4) is 0 Å². The molecule has 33 heavy (non-hydrogen) atoms. The number of nitrogens with one attached hydrogen (secondary N) is 2. The molecule has 2 N–H and O–H groups in total. The summed E-state index contributed by atoms with van der Waals surface area (Å²) in [6, 6.07) is 6.27. The maximum Gasteiger partial charge on any atom is 0.410 e. The van der Waals surface area contributed by atoms with E-state index in [2.05, 4.69) is 33.5 Å². The molecule has 1 fully saturated rings. The second-order valence-electron chi connectivity index (χ2n) is 9.65. The lowest BCUT2D eigenvalue weighted by Crippen LogP contribution is -2.46. The number of halogens is 1. The zero-order chi connectivity index (χ0) is 23.2. The largest absolute Gasteiger partial charge is 0.444 e. The van der Waals surface area contributed by atoms with Gasteiger partial charge in [-0.25, -0.2) is 9.78 Å². The minimum absolute atomic E-state index is 0.213. The minimum atomic E-state index is -0.556. The van der Waals surface area contributed by atoms with Gasteiger partial charge in [-0.15, -0.1) is 0 Å². The standard InChI is InChI=1S/C25H29ClN4O3/c1-25(2,3)33-24(31)30-6-7-32-14-22(30)18-9-16(8-15-4-5-27-12-20(15)18)17-10-19-21(26)13-29-23(19)28-11-17/h8-11,13,22,27H,4-7,12,14H2,1-3H3,(H,28,29). The van der Waals surface area contributed by atoms with Gasteiger partial charge in [0, 0.05) is 36.4 Å². The number of pyridine rings is 1. The van der Waals surface area contributed by atoms with E-state index >= 15 is 0 Å². The van der Waals surface area contributed by atoms with Crippen molar-refractivity contribution < 1.29 is 14.3 Å². The Morgan fingerprint density at radius 2 is 2.12 bits per heavy atom. The van der Waals surface area contributed by atoms with E-state index < -0.39 is 5.60 Å². The number of amides is 1. The topological polar surface area (TPSA) is 79.5 Å². The molecule has 1 unspecified atom stereocenters. The minimum Gasteiger partial charge on any atom is -0.444 e. The summed E-state index contributed by atoms with van der Waals surface area (Å²) in [6.07, 6.45) is 4.24. The smallest absolute Gasteiger partial charge is 0.410 e. The predicted molar refractivity (Wildman–Crippen MR) is 128 cm³/mol. The van der Waals surface area contributed by atoms with Crippen LogP contribution in [-0.4, -0.2) is 52.9 Å². The highest BCUT2D eigenvalue weighted by molar-refractivity contribution is 6.35. The lowest BCUT2D eigenvalue weighted by Gasteiger charge is -2.38. The van der Waals surface area contributed by atoms with Gasteiger partial charge in [0.2, 0.25) is 0 Å². The van der Waals surface area contributed by atoms with Gasteiger partial charge in [0.25, 0.3) is 0 Å². The van der Waals surface area contributed by atoms with Crippen LogP contribution < -0.4 is 5.32 Å². The van der Waals surface area contributed by atoms with Gasteiger partial charge in [-0.3, -0.25) is 4.90 Å². The first kappa shape index (κ1) is 22.2. The van der Waals surface area contributed by atoms with Gasteiger partial charge in [-0.05, 0) is 68.1 Å².